The molecule has 0 spiro atoms. The lowest BCUT2D eigenvalue weighted by Gasteiger charge is -2.12. The number of pyridine rings is 1. The molecule has 0 atom stereocenters. The Balaban J connectivity index is 1.41. The topological polar surface area (TPSA) is 71.1 Å². The lowest BCUT2D eigenvalue weighted by Crippen LogP contribution is -2.14. The first-order chi connectivity index (χ1) is 17.5. The van der Waals surface area contributed by atoms with Crippen molar-refractivity contribution in [3.05, 3.63) is 124 Å². The van der Waals surface area contributed by atoms with Crippen LogP contribution in [0.1, 0.15) is 26.3 Å². The molecule has 2 N–H and O–H groups in total. The molecule has 6 heteroatoms. The van der Waals surface area contributed by atoms with Crippen molar-refractivity contribution >= 4 is 50.0 Å². The molecule has 1 aromatic heterocycles. The van der Waals surface area contributed by atoms with Crippen LogP contribution in [0.15, 0.2) is 108 Å². The Hall–Kier alpha value is -4.29. The van der Waals surface area contributed by atoms with Gasteiger partial charge in [0.25, 0.3) is 11.8 Å². The third-order valence-corrected chi connectivity index (χ3v) is 6.31. The number of carbonyl (C=O) groups is 2. The molecule has 0 saturated heterocycles. The summed E-state index contributed by atoms with van der Waals surface area (Å²) >= 11 is 3.46. The molecule has 5 aromatic rings. The number of hydrogen-bond donors (Lipinski definition) is 2. The molecule has 4 aromatic carbocycles. The number of fused-ring (bicyclic) bond motifs is 1. The van der Waals surface area contributed by atoms with E-state index in [2.05, 4.69) is 26.6 Å². The number of nitrogens with zero attached hydrogens (tertiary/aromatic N) is 1. The zero-order valence-electron chi connectivity index (χ0n) is 19.5. The van der Waals surface area contributed by atoms with E-state index in [1.54, 1.807) is 24.3 Å². The number of carbonyl (C=O) groups excluding carboxylic acids is 2. The van der Waals surface area contributed by atoms with Crippen LogP contribution in [0.25, 0.3) is 22.2 Å². The van der Waals surface area contributed by atoms with Gasteiger partial charge in [-0.2, -0.15) is 0 Å². The monoisotopic (exact) mass is 535 g/mol. The van der Waals surface area contributed by atoms with Crippen LogP contribution in [-0.4, -0.2) is 16.8 Å². The van der Waals surface area contributed by atoms with Crippen molar-refractivity contribution in [2.24, 2.45) is 0 Å². The number of halogens is 1. The lowest BCUT2D eigenvalue weighted by molar-refractivity contribution is 0.102. The fraction of sp³-hybridized carbons (Fsp3) is 0.0333. The van der Waals surface area contributed by atoms with E-state index >= 15 is 0 Å². The second-order valence-corrected chi connectivity index (χ2v) is 9.35. The van der Waals surface area contributed by atoms with Crippen LogP contribution in [0.4, 0.5) is 11.4 Å². The van der Waals surface area contributed by atoms with E-state index in [4.69, 9.17) is 4.98 Å². The molecule has 36 heavy (non-hydrogen) atoms. The number of amides is 2. The van der Waals surface area contributed by atoms with Gasteiger partial charge in [-0.1, -0.05) is 57.9 Å². The predicted octanol–water partition coefficient (Wildman–Crippen LogP) is 7.48. The third-order valence-electron chi connectivity index (χ3n) is 5.79. The van der Waals surface area contributed by atoms with Crippen LogP contribution in [0.2, 0.25) is 0 Å². The third kappa shape index (κ3) is 5.19. The predicted molar refractivity (Wildman–Crippen MR) is 148 cm³/mol. The summed E-state index contributed by atoms with van der Waals surface area (Å²) in [6.45, 7) is 1.99. The van der Waals surface area contributed by atoms with Gasteiger partial charge in [0.15, 0.2) is 0 Å². The molecular weight excluding hydrogens is 514 g/mol. The largest absolute Gasteiger partial charge is 0.322 e. The molecule has 0 bridgehead atoms. The molecule has 0 aliphatic carbocycles. The maximum absolute atomic E-state index is 13.4. The quantitative estimate of drug-likeness (QED) is 0.245. The van der Waals surface area contributed by atoms with Crippen molar-refractivity contribution in [1.29, 1.82) is 0 Å². The summed E-state index contributed by atoms with van der Waals surface area (Å²) < 4.78 is 0.974. The van der Waals surface area contributed by atoms with Crippen molar-refractivity contribution < 1.29 is 9.59 Å². The zero-order valence-corrected chi connectivity index (χ0v) is 21.0. The molecule has 0 radical (unpaired) electrons. The number of nitrogens with one attached hydrogen (secondary N) is 2. The Morgan fingerprint density at radius 2 is 1.39 bits per heavy atom. The van der Waals surface area contributed by atoms with E-state index in [9.17, 15) is 9.59 Å². The molecule has 5 rings (SSSR count). The van der Waals surface area contributed by atoms with Crippen molar-refractivity contribution in [3.8, 4) is 11.3 Å². The SMILES string of the molecule is Cc1ccc2nc(-c3ccc(Br)cc3)cc(C(=O)Nc3ccc(C(=O)Nc4ccccc4)cc3)c2c1. The molecule has 0 unspecified atom stereocenters. The highest BCUT2D eigenvalue weighted by Crippen LogP contribution is 2.27. The van der Waals surface area contributed by atoms with Crippen LogP contribution in [0.5, 0.6) is 0 Å². The van der Waals surface area contributed by atoms with Gasteiger partial charge in [0, 0.05) is 32.4 Å². The molecule has 0 saturated carbocycles. The van der Waals surface area contributed by atoms with Crippen LogP contribution < -0.4 is 10.6 Å². The summed E-state index contributed by atoms with van der Waals surface area (Å²) in [6, 6.07) is 31.6. The van der Waals surface area contributed by atoms with Gasteiger partial charge in [-0.25, -0.2) is 4.98 Å². The van der Waals surface area contributed by atoms with E-state index in [0.29, 0.717) is 16.8 Å². The van der Waals surface area contributed by atoms with E-state index in [1.165, 1.54) is 0 Å². The minimum atomic E-state index is -0.243. The Labute approximate surface area is 217 Å². The first-order valence-corrected chi connectivity index (χ1v) is 12.2. The highest BCUT2D eigenvalue weighted by Gasteiger charge is 2.15. The first-order valence-electron chi connectivity index (χ1n) is 11.4. The van der Waals surface area contributed by atoms with Gasteiger partial charge in [-0.3, -0.25) is 9.59 Å². The van der Waals surface area contributed by atoms with Crippen molar-refractivity contribution in [2.45, 2.75) is 6.92 Å². The summed E-state index contributed by atoms with van der Waals surface area (Å²) in [7, 11) is 0. The Bertz CT molecular complexity index is 1560. The van der Waals surface area contributed by atoms with Crippen LogP contribution >= 0.6 is 15.9 Å². The van der Waals surface area contributed by atoms with Crippen LogP contribution in [-0.2, 0) is 0 Å². The number of aryl methyl sites for hydroxylation is 1. The second kappa shape index (κ2) is 10.1. The van der Waals surface area contributed by atoms with Gasteiger partial charge in [-0.15, -0.1) is 0 Å². The summed E-state index contributed by atoms with van der Waals surface area (Å²) in [5.74, 6) is -0.457. The number of benzene rings is 4. The summed E-state index contributed by atoms with van der Waals surface area (Å²) in [4.78, 5) is 30.7. The average molecular weight is 536 g/mol. The normalized spacial score (nSPS) is 10.7. The fourth-order valence-corrected chi connectivity index (χ4v) is 4.19. The van der Waals surface area contributed by atoms with Gasteiger partial charge in [0.2, 0.25) is 0 Å². The summed E-state index contributed by atoms with van der Waals surface area (Å²) in [5.41, 5.74) is 5.79. The van der Waals surface area contributed by atoms with Gasteiger partial charge in [-0.05, 0) is 73.7 Å². The maximum Gasteiger partial charge on any atom is 0.256 e. The Kier molecular flexibility index (Phi) is 6.60. The minimum absolute atomic E-state index is 0.214. The van der Waals surface area contributed by atoms with Crippen LogP contribution in [0, 0.1) is 6.92 Å². The van der Waals surface area contributed by atoms with Gasteiger partial charge in [0.1, 0.15) is 0 Å². The molecule has 0 aliphatic rings. The molecule has 1 heterocycles. The molecule has 0 fully saturated rings. The van der Waals surface area contributed by atoms with E-state index in [-0.39, 0.29) is 11.8 Å². The highest BCUT2D eigenvalue weighted by atomic mass is 79.9. The van der Waals surface area contributed by atoms with E-state index < -0.39 is 0 Å². The Morgan fingerprint density at radius 3 is 2.11 bits per heavy atom. The number of anilines is 2. The zero-order chi connectivity index (χ0) is 25.1. The van der Waals surface area contributed by atoms with Crippen molar-refractivity contribution in [2.75, 3.05) is 10.6 Å². The van der Waals surface area contributed by atoms with Crippen molar-refractivity contribution in [3.63, 3.8) is 0 Å². The first kappa shape index (κ1) is 23.5. The van der Waals surface area contributed by atoms with Crippen molar-refractivity contribution in [1.82, 2.24) is 4.98 Å². The molecule has 0 aliphatic heterocycles. The minimum Gasteiger partial charge on any atom is -0.322 e. The molecule has 2 amide bonds. The molecule has 5 nitrogen and oxygen atoms in total. The van der Waals surface area contributed by atoms with E-state index in [0.717, 1.165) is 37.9 Å². The maximum atomic E-state index is 13.4. The van der Waals surface area contributed by atoms with Crippen LogP contribution in [0.3, 0.4) is 0 Å². The number of hydrogen-bond acceptors (Lipinski definition) is 3. The number of aromatic nitrogens is 1. The fourth-order valence-electron chi connectivity index (χ4n) is 3.92. The van der Waals surface area contributed by atoms with Gasteiger partial charge in [0.05, 0.1) is 16.8 Å². The summed E-state index contributed by atoms with van der Waals surface area (Å²) in [5, 5.41) is 6.61. The lowest BCUT2D eigenvalue weighted by atomic mass is 10.0. The second-order valence-electron chi connectivity index (χ2n) is 8.43. The molecule has 176 valence electrons. The van der Waals surface area contributed by atoms with Gasteiger partial charge >= 0.3 is 0 Å². The smallest absolute Gasteiger partial charge is 0.256 e. The number of rotatable bonds is 5. The number of para-hydroxylation sites is 1. The Morgan fingerprint density at radius 1 is 0.722 bits per heavy atom. The standard InChI is InChI=1S/C30H22BrN3O2/c1-19-7-16-27-25(17-19)26(18-28(34-27)20-8-12-22(31)13-9-20)30(36)33-24-14-10-21(11-15-24)29(35)32-23-5-3-2-4-6-23/h2-18H,1H3,(H,32,35)(H,33,36). The summed E-state index contributed by atoms with van der Waals surface area (Å²) in [6.07, 6.45) is 0. The van der Waals surface area contributed by atoms with Gasteiger partial charge < -0.3 is 10.6 Å². The molecular formula is C30H22BrN3O2. The average Bonchev–Trinajstić information content (AvgIpc) is 2.89. The highest BCUT2D eigenvalue weighted by molar-refractivity contribution is 9.10. The van der Waals surface area contributed by atoms with E-state index in [1.807, 2.05) is 85.8 Å².